The molecule has 0 spiro atoms. The average Bonchev–Trinajstić information content (AvgIpc) is 2.56. The standard InChI is InChI=1S/C16H13F4N3O3/c1-3-4-26-12-6-11(10(17)5-9(12)8-21)23-14(24)7-13(16(18,19)20)22(2)15(23)25/h5-7H,3-4H2,1-2H3. The maximum atomic E-state index is 14.3. The molecule has 1 aromatic heterocycles. The summed E-state index contributed by atoms with van der Waals surface area (Å²) in [5, 5.41) is 9.03. The van der Waals surface area contributed by atoms with Gasteiger partial charge < -0.3 is 4.74 Å². The summed E-state index contributed by atoms with van der Waals surface area (Å²) in [7, 11) is 0.817. The van der Waals surface area contributed by atoms with E-state index in [4.69, 9.17) is 10.00 Å². The van der Waals surface area contributed by atoms with Gasteiger partial charge in [-0.2, -0.15) is 18.4 Å². The van der Waals surface area contributed by atoms with Gasteiger partial charge in [0.2, 0.25) is 0 Å². The van der Waals surface area contributed by atoms with Gasteiger partial charge in [0.25, 0.3) is 5.56 Å². The molecule has 0 aliphatic rings. The first-order chi connectivity index (χ1) is 12.1. The summed E-state index contributed by atoms with van der Waals surface area (Å²) in [6.07, 6.45) is -4.36. The number of rotatable bonds is 4. The summed E-state index contributed by atoms with van der Waals surface area (Å²) >= 11 is 0. The lowest BCUT2D eigenvalue weighted by Gasteiger charge is -2.15. The predicted octanol–water partition coefficient (Wildman–Crippen LogP) is 2.35. The molecule has 2 rings (SSSR count). The Balaban J connectivity index is 2.77. The summed E-state index contributed by atoms with van der Waals surface area (Å²) in [5.41, 5.74) is -4.97. The van der Waals surface area contributed by atoms with E-state index < -0.39 is 34.6 Å². The van der Waals surface area contributed by atoms with Gasteiger partial charge in [0.15, 0.2) is 0 Å². The van der Waals surface area contributed by atoms with Gasteiger partial charge in [-0.3, -0.25) is 9.36 Å². The largest absolute Gasteiger partial charge is 0.492 e. The first-order valence-electron chi connectivity index (χ1n) is 7.38. The maximum absolute atomic E-state index is 14.3. The third-order valence-electron chi connectivity index (χ3n) is 3.48. The Bertz CT molecular complexity index is 1000. The van der Waals surface area contributed by atoms with Crippen LogP contribution in [0.15, 0.2) is 27.8 Å². The van der Waals surface area contributed by atoms with Crippen LogP contribution in [0.3, 0.4) is 0 Å². The lowest BCUT2D eigenvalue weighted by Crippen LogP contribution is -2.41. The number of aromatic nitrogens is 2. The van der Waals surface area contributed by atoms with Crippen LogP contribution in [0.2, 0.25) is 0 Å². The lowest BCUT2D eigenvalue weighted by atomic mass is 10.2. The van der Waals surface area contributed by atoms with Gasteiger partial charge in [0.05, 0.1) is 17.9 Å². The molecule has 0 unspecified atom stereocenters. The van der Waals surface area contributed by atoms with Crippen molar-refractivity contribution in [3.8, 4) is 17.5 Å². The number of benzene rings is 1. The van der Waals surface area contributed by atoms with Crippen molar-refractivity contribution < 1.29 is 22.3 Å². The molecule has 0 atom stereocenters. The van der Waals surface area contributed by atoms with Crippen molar-refractivity contribution in [2.24, 2.45) is 7.05 Å². The molecule has 26 heavy (non-hydrogen) atoms. The fourth-order valence-electron chi connectivity index (χ4n) is 2.25. The van der Waals surface area contributed by atoms with E-state index in [1.54, 1.807) is 13.0 Å². The molecule has 0 saturated carbocycles. The van der Waals surface area contributed by atoms with Gasteiger partial charge in [-0.25, -0.2) is 13.8 Å². The smallest absolute Gasteiger partial charge is 0.431 e. The van der Waals surface area contributed by atoms with Crippen LogP contribution in [0, 0.1) is 17.1 Å². The second-order valence-electron chi connectivity index (χ2n) is 5.30. The van der Waals surface area contributed by atoms with Gasteiger partial charge in [-0.05, 0) is 12.5 Å². The van der Waals surface area contributed by atoms with Gasteiger partial charge in [0, 0.05) is 19.2 Å². The molecule has 10 heteroatoms. The third kappa shape index (κ3) is 3.46. The van der Waals surface area contributed by atoms with Gasteiger partial charge in [0.1, 0.15) is 23.3 Å². The Morgan fingerprint density at radius 3 is 2.42 bits per heavy atom. The highest BCUT2D eigenvalue weighted by atomic mass is 19.4. The summed E-state index contributed by atoms with van der Waals surface area (Å²) in [6.45, 7) is 1.96. The molecule has 138 valence electrons. The van der Waals surface area contributed by atoms with Crippen molar-refractivity contribution in [3.63, 3.8) is 0 Å². The van der Waals surface area contributed by atoms with Crippen molar-refractivity contribution in [3.05, 3.63) is 56.1 Å². The van der Waals surface area contributed by atoms with Gasteiger partial charge in [-0.15, -0.1) is 0 Å². The zero-order valence-electron chi connectivity index (χ0n) is 13.7. The number of ether oxygens (including phenoxy) is 1. The Hall–Kier alpha value is -3.09. The summed E-state index contributed by atoms with van der Waals surface area (Å²) in [6, 6.07) is 3.61. The number of nitriles is 1. The predicted molar refractivity (Wildman–Crippen MR) is 82.7 cm³/mol. The van der Waals surface area contributed by atoms with Crippen LogP contribution >= 0.6 is 0 Å². The van der Waals surface area contributed by atoms with Crippen LogP contribution < -0.4 is 16.0 Å². The zero-order chi connectivity index (χ0) is 19.6. The van der Waals surface area contributed by atoms with Crippen molar-refractivity contribution >= 4 is 0 Å². The molecule has 2 aromatic rings. The SMILES string of the molecule is CCCOc1cc(-n2c(=O)cc(C(F)(F)F)n(C)c2=O)c(F)cc1C#N. The molecule has 1 heterocycles. The van der Waals surface area contributed by atoms with Crippen molar-refractivity contribution in [1.82, 2.24) is 9.13 Å². The second-order valence-corrected chi connectivity index (χ2v) is 5.30. The summed E-state index contributed by atoms with van der Waals surface area (Å²) in [4.78, 5) is 24.3. The number of hydrogen-bond acceptors (Lipinski definition) is 4. The van der Waals surface area contributed by atoms with Crippen LogP contribution in [0.4, 0.5) is 17.6 Å². The first kappa shape index (κ1) is 19.2. The quantitative estimate of drug-likeness (QED) is 0.773. The molecule has 6 nitrogen and oxygen atoms in total. The van der Waals surface area contributed by atoms with E-state index in [0.29, 0.717) is 6.42 Å². The van der Waals surface area contributed by atoms with Crippen molar-refractivity contribution in [2.45, 2.75) is 19.5 Å². The van der Waals surface area contributed by atoms with E-state index >= 15 is 0 Å². The number of halogens is 4. The Morgan fingerprint density at radius 1 is 1.23 bits per heavy atom. The van der Waals surface area contributed by atoms with Gasteiger partial charge in [-0.1, -0.05) is 6.92 Å². The topological polar surface area (TPSA) is 77.0 Å². The molecule has 0 amide bonds. The number of hydrogen-bond donors (Lipinski definition) is 0. The van der Waals surface area contributed by atoms with Crippen LogP contribution in [0.1, 0.15) is 24.6 Å². The fraction of sp³-hybridized carbons (Fsp3) is 0.312. The maximum Gasteiger partial charge on any atom is 0.431 e. The molecule has 0 N–H and O–H groups in total. The second kappa shape index (κ2) is 7.03. The first-order valence-corrected chi connectivity index (χ1v) is 7.38. The minimum atomic E-state index is -4.93. The van der Waals surface area contributed by atoms with Crippen LogP contribution in [0.25, 0.3) is 5.69 Å². The highest BCUT2D eigenvalue weighted by Crippen LogP contribution is 2.28. The molecule has 0 radical (unpaired) electrons. The van der Waals surface area contributed by atoms with Crippen LogP contribution in [-0.2, 0) is 13.2 Å². The molecule has 0 bridgehead atoms. The van der Waals surface area contributed by atoms with E-state index in [-0.39, 0.29) is 33.1 Å². The zero-order valence-corrected chi connectivity index (χ0v) is 13.7. The molecule has 0 fully saturated rings. The molecule has 0 saturated heterocycles. The van der Waals surface area contributed by atoms with E-state index in [2.05, 4.69) is 0 Å². The molecule has 0 aliphatic carbocycles. The van der Waals surface area contributed by atoms with E-state index in [1.807, 2.05) is 0 Å². The number of alkyl halides is 3. The monoisotopic (exact) mass is 371 g/mol. The average molecular weight is 371 g/mol. The van der Waals surface area contributed by atoms with E-state index in [0.717, 1.165) is 19.2 Å². The lowest BCUT2D eigenvalue weighted by molar-refractivity contribution is -0.144. The fourth-order valence-corrected chi connectivity index (χ4v) is 2.25. The highest BCUT2D eigenvalue weighted by Gasteiger charge is 2.35. The Kier molecular flexibility index (Phi) is 5.20. The summed E-state index contributed by atoms with van der Waals surface area (Å²) in [5.74, 6) is -1.20. The Morgan fingerprint density at radius 2 is 1.88 bits per heavy atom. The minimum absolute atomic E-state index is 0.0837. The normalized spacial score (nSPS) is 11.3. The molecular weight excluding hydrogens is 358 g/mol. The summed E-state index contributed by atoms with van der Waals surface area (Å²) < 4.78 is 58.7. The van der Waals surface area contributed by atoms with E-state index in [9.17, 15) is 27.2 Å². The molecule has 0 aliphatic heterocycles. The van der Waals surface area contributed by atoms with Crippen molar-refractivity contribution in [1.29, 1.82) is 5.26 Å². The van der Waals surface area contributed by atoms with E-state index in [1.165, 1.54) is 0 Å². The minimum Gasteiger partial charge on any atom is -0.492 e. The van der Waals surface area contributed by atoms with Crippen LogP contribution in [0.5, 0.6) is 5.75 Å². The third-order valence-corrected chi connectivity index (χ3v) is 3.48. The molecule has 1 aromatic carbocycles. The van der Waals surface area contributed by atoms with Crippen molar-refractivity contribution in [2.75, 3.05) is 6.61 Å². The van der Waals surface area contributed by atoms with Crippen LogP contribution in [-0.4, -0.2) is 15.7 Å². The number of nitrogens with zero attached hydrogens (tertiary/aromatic N) is 3. The highest BCUT2D eigenvalue weighted by molar-refractivity contribution is 5.51. The molecular formula is C16H13F4N3O3. The van der Waals surface area contributed by atoms with Gasteiger partial charge >= 0.3 is 11.9 Å². The Labute approximate surface area is 144 Å².